The Hall–Kier alpha value is -1.89. The summed E-state index contributed by atoms with van der Waals surface area (Å²) in [5.41, 5.74) is 5.99. The van der Waals surface area contributed by atoms with Crippen molar-refractivity contribution < 1.29 is 32.4 Å². The van der Waals surface area contributed by atoms with Gasteiger partial charge in [-0.2, -0.15) is 18.2 Å². The maximum Gasteiger partial charge on any atom is 3.00 e. The molecule has 0 aliphatic carbocycles. The average Bonchev–Trinajstić information content (AvgIpc) is 3.15. The maximum atomic E-state index is 7.17. The van der Waals surface area contributed by atoms with Crippen LogP contribution in [-0.4, -0.2) is 53.0 Å². The van der Waals surface area contributed by atoms with Gasteiger partial charge in [0.25, 0.3) is 0 Å². The third kappa shape index (κ3) is 15.6. The zero-order valence-electron chi connectivity index (χ0n) is 15.7. The van der Waals surface area contributed by atoms with Gasteiger partial charge in [0.1, 0.15) is 0 Å². The average molecular weight is 399 g/mol. The third-order valence-corrected chi connectivity index (χ3v) is 2.35. The Morgan fingerprint density at radius 1 is 0.654 bits per heavy atom. The molecule has 3 aromatic rings. The molecule has 0 aromatic carbocycles. The molecule has 3 rings (SSSR count). The van der Waals surface area contributed by atoms with Crippen molar-refractivity contribution in [2.75, 3.05) is 0 Å². The van der Waals surface area contributed by atoms with Crippen molar-refractivity contribution in [2.24, 2.45) is 0 Å². The van der Waals surface area contributed by atoms with Crippen molar-refractivity contribution in [3.8, 4) is 0 Å². The molecule has 0 aliphatic rings. The largest absolute Gasteiger partial charge is 3.00 e. The first-order valence-corrected chi connectivity index (χ1v) is 7.45. The van der Waals surface area contributed by atoms with Gasteiger partial charge in [-0.05, 0) is 0 Å². The van der Waals surface area contributed by atoms with E-state index in [1.165, 1.54) is 0 Å². The van der Waals surface area contributed by atoms with Crippen LogP contribution in [0.3, 0.4) is 0 Å². The number of hydrogen-bond acceptors (Lipinski definition) is 9. The first-order valence-electron chi connectivity index (χ1n) is 7.45. The van der Waals surface area contributed by atoms with Gasteiger partial charge < -0.3 is 15.1 Å². The van der Waals surface area contributed by atoms with Crippen LogP contribution in [0.5, 0.6) is 0 Å². The van der Waals surface area contributed by atoms with Gasteiger partial charge >= 0.3 is 24.7 Å². The van der Waals surface area contributed by atoms with Gasteiger partial charge in [-0.15, -0.1) is 0 Å². The van der Waals surface area contributed by atoms with Crippen molar-refractivity contribution in [3.63, 3.8) is 0 Å². The van der Waals surface area contributed by atoms with Crippen LogP contribution in [0, 0.1) is 41.5 Å². The third-order valence-electron chi connectivity index (χ3n) is 2.35. The summed E-state index contributed by atoms with van der Waals surface area (Å²) in [7, 11) is -2.17. The van der Waals surface area contributed by atoms with Gasteiger partial charge in [-0.25, -0.2) is 0 Å². The fraction of sp³-hybridized carbons (Fsp3) is 0.400. The molecule has 3 N–H and O–H groups in total. The Kier molecular flexibility index (Phi) is 14.5. The van der Waals surface area contributed by atoms with Gasteiger partial charge in [0.15, 0.2) is 0 Å². The maximum absolute atomic E-state index is 7.17. The van der Waals surface area contributed by atoms with E-state index in [0.29, 0.717) is 0 Å². The van der Waals surface area contributed by atoms with E-state index >= 15 is 0 Å². The summed E-state index contributed by atoms with van der Waals surface area (Å²) in [5.74, 6) is 0. The molecule has 3 heterocycles. The van der Waals surface area contributed by atoms with Crippen LogP contribution in [-0.2, 0) is 17.4 Å². The van der Waals surface area contributed by atoms with E-state index in [1.54, 1.807) is 0 Å². The smallest absolute Gasteiger partial charge is 0.402 e. The summed E-state index contributed by atoms with van der Waals surface area (Å²) in [5, 5.41) is 44.1. The second-order valence-corrected chi connectivity index (χ2v) is 5.23. The van der Waals surface area contributed by atoms with Crippen molar-refractivity contribution in [2.45, 2.75) is 41.5 Å². The van der Waals surface area contributed by atoms with Crippen LogP contribution in [0.4, 0.5) is 0 Å². The Balaban J connectivity index is 0. The second-order valence-electron chi connectivity index (χ2n) is 5.23. The Bertz CT molecular complexity index is 570. The molecule has 11 heteroatoms. The molecule has 0 amide bonds. The summed E-state index contributed by atoms with van der Waals surface area (Å²) in [4.78, 5) is 0. The van der Waals surface area contributed by atoms with E-state index in [2.05, 4.69) is 30.6 Å². The minimum atomic E-state index is -2.17. The minimum absolute atomic E-state index is 0. The molecule has 0 saturated heterocycles. The van der Waals surface area contributed by atoms with E-state index in [4.69, 9.17) is 15.1 Å². The first-order chi connectivity index (χ1) is 11.6. The zero-order valence-corrected chi connectivity index (χ0v) is 17.0. The Labute approximate surface area is 164 Å². The summed E-state index contributed by atoms with van der Waals surface area (Å²) in [6.07, 6.45) is 0. The molecule has 0 atom stereocenters. The van der Waals surface area contributed by atoms with Crippen molar-refractivity contribution in [1.82, 2.24) is 30.6 Å². The molecule has 1 radical (unpaired) electrons. The number of nitrogens with zero attached hydrogens (tertiary/aromatic N) is 6. The molecule has 0 fully saturated rings. The summed E-state index contributed by atoms with van der Waals surface area (Å²) in [6.45, 7) is 11.6. The van der Waals surface area contributed by atoms with Crippen LogP contribution < -0.4 is 0 Å². The van der Waals surface area contributed by atoms with E-state index in [1.807, 2.05) is 59.7 Å². The molecule has 0 spiro atoms. The standard InChI is InChI=1S/3C5H7N2.BH3O3.Cr/c3*1-4-3-5(2)7-6-4;2-1(3)4;/h3*3H,1-2H3;2-4H;/q3*-1;;+3. The summed E-state index contributed by atoms with van der Waals surface area (Å²) < 4.78 is 0. The molecule has 3 aromatic heterocycles. The molecule has 0 saturated carbocycles. The Morgan fingerprint density at radius 2 is 0.846 bits per heavy atom. The van der Waals surface area contributed by atoms with Gasteiger partial charge in [-0.1, -0.05) is 75.7 Å². The van der Waals surface area contributed by atoms with Crippen LogP contribution in [0.25, 0.3) is 0 Å². The minimum Gasteiger partial charge on any atom is -0.402 e. The number of aromatic nitrogens is 6. The van der Waals surface area contributed by atoms with E-state index in [9.17, 15) is 0 Å². The molecule has 0 bridgehead atoms. The summed E-state index contributed by atoms with van der Waals surface area (Å²) >= 11 is 0. The van der Waals surface area contributed by atoms with E-state index < -0.39 is 7.32 Å². The van der Waals surface area contributed by atoms with Gasteiger partial charge in [0, 0.05) is 0 Å². The topological polar surface area (TPSA) is 138 Å². The van der Waals surface area contributed by atoms with Crippen molar-refractivity contribution >= 4 is 7.32 Å². The number of hydrogen-bond donors (Lipinski definition) is 3. The predicted molar refractivity (Wildman–Crippen MR) is 93.7 cm³/mol. The van der Waals surface area contributed by atoms with Crippen LogP contribution in [0.15, 0.2) is 18.2 Å². The quantitative estimate of drug-likeness (QED) is 0.362. The molecule has 141 valence electrons. The van der Waals surface area contributed by atoms with Crippen molar-refractivity contribution in [3.05, 3.63) is 52.4 Å². The van der Waals surface area contributed by atoms with Crippen molar-refractivity contribution in [1.29, 1.82) is 0 Å². The molecule has 0 unspecified atom stereocenters. The molecule has 0 aliphatic heterocycles. The first kappa shape index (κ1) is 26.3. The fourth-order valence-corrected chi connectivity index (χ4v) is 1.55. The second kappa shape index (κ2) is 14.3. The van der Waals surface area contributed by atoms with Crippen LogP contribution in [0.2, 0.25) is 0 Å². The monoisotopic (exact) mass is 399 g/mol. The molecular weight excluding hydrogens is 375 g/mol. The number of aryl methyl sites for hydroxylation is 6. The predicted octanol–water partition coefficient (Wildman–Crippen LogP) is 0.383. The van der Waals surface area contributed by atoms with E-state index in [-0.39, 0.29) is 17.4 Å². The van der Waals surface area contributed by atoms with Crippen LogP contribution >= 0.6 is 0 Å². The van der Waals surface area contributed by atoms with Gasteiger partial charge in [0.05, 0.1) is 0 Å². The van der Waals surface area contributed by atoms with Crippen LogP contribution in [0.1, 0.15) is 34.2 Å². The normalized spacial score (nSPS) is 8.65. The number of rotatable bonds is 0. The van der Waals surface area contributed by atoms with Gasteiger partial charge in [-0.3, -0.25) is 30.6 Å². The summed E-state index contributed by atoms with van der Waals surface area (Å²) in [6, 6.07) is 5.83. The SMILES string of the molecule is Cc1c[c-](C)nn1.Cc1c[c-](C)nn1.Cc1c[c-](C)nn1.OB(O)O.[Cr+3]. The zero-order chi connectivity index (χ0) is 19.4. The van der Waals surface area contributed by atoms with E-state index in [0.717, 1.165) is 34.2 Å². The fourth-order valence-electron chi connectivity index (χ4n) is 1.55. The molecular formula is C15H24BCrN6O3. The molecule has 9 nitrogen and oxygen atoms in total. The Morgan fingerprint density at radius 3 is 0.885 bits per heavy atom. The van der Waals surface area contributed by atoms with Gasteiger partial charge in [0.2, 0.25) is 0 Å². The molecule has 26 heavy (non-hydrogen) atoms.